The second kappa shape index (κ2) is 6.93. The molecular formula is C14H18ClN5O3. The first-order valence-corrected chi connectivity index (χ1v) is 7.22. The van der Waals surface area contributed by atoms with Gasteiger partial charge in [-0.1, -0.05) is 0 Å². The van der Waals surface area contributed by atoms with Gasteiger partial charge in [-0.3, -0.25) is 20.0 Å². The first-order valence-electron chi connectivity index (χ1n) is 7.22. The van der Waals surface area contributed by atoms with E-state index in [0.29, 0.717) is 36.5 Å². The Bertz CT molecular complexity index is 724. The molecule has 1 aliphatic heterocycles. The molecule has 8 nitrogen and oxygen atoms in total. The molecule has 0 saturated carbocycles. The molecule has 3 rings (SSSR count). The molecule has 3 N–H and O–H groups in total. The van der Waals surface area contributed by atoms with E-state index >= 15 is 0 Å². The number of H-pyrrole nitrogens is 1. The summed E-state index contributed by atoms with van der Waals surface area (Å²) in [4.78, 5) is 24.7. The van der Waals surface area contributed by atoms with Crippen molar-refractivity contribution in [2.24, 2.45) is 11.7 Å². The summed E-state index contributed by atoms with van der Waals surface area (Å²) in [6.45, 7) is 1.92. The number of non-ortho nitro benzene ring substituents is 1. The lowest BCUT2D eigenvalue weighted by atomic mass is 9.97. The number of nitrogens with one attached hydrogen (secondary N) is 1. The fourth-order valence-electron chi connectivity index (χ4n) is 2.80. The molecule has 124 valence electrons. The van der Waals surface area contributed by atoms with E-state index in [1.54, 1.807) is 11.0 Å². The lowest BCUT2D eigenvalue weighted by Gasteiger charge is -2.30. The highest BCUT2D eigenvalue weighted by Crippen LogP contribution is 2.24. The number of carbonyl (C=O) groups is 1. The number of halogens is 1. The highest BCUT2D eigenvalue weighted by atomic mass is 35.5. The second-order valence-electron chi connectivity index (χ2n) is 5.53. The van der Waals surface area contributed by atoms with Gasteiger partial charge in [0.25, 0.3) is 11.6 Å². The molecule has 0 atom stereocenters. The van der Waals surface area contributed by atoms with Crippen LogP contribution in [0.15, 0.2) is 18.2 Å². The minimum atomic E-state index is -0.479. The standard InChI is InChI=1S/C14H17N5O3.ClH/c15-8-9-3-5-18(6-4-9)14(20)13-11-7-10(19(21)22)1-2-12(11)16-17-13;/h1-2,7,9H,3-6,8,15H2,(H,16,17);1H. The zero-order valence-electron chi connectivity index (χ0n) is 12.4. The molecule has 2 heterocycles. The number of piperidine rings is 1. The number of carbonyl (C=O) groups excluding carboxylic acids is 1. The van der Waals surface area contributed by atoms with Crippen LogP contribution in [0.2, 0.25) is 0 Å². The number of hydrogen-bond donors (Lipinski definition) is 2. The van der Waals surface area contributed by atoms with Gasteiger partial charge >= 0.3 is 0 Å². The van der Waals surface area contributed by atoms with Crippen LogP contribution in [-0.4, -0.2) is 45.6 Å². The SMILES string of the molecule is Cl.NCC1CCN(C(=O)c2n[nH]c3ccc([N+](=O)[O-])cc23)CC1. The first-order chi connectivity index (χ1) is 10.6. The Balaban J connectivity index is 0.00000192. The maximum absolute atomic E-state index is 12.6. The Morgan fingerprint density at radius 2 is 2.13 bits per heavy atom. The van der Waals surface area contributed by atoms with E-state index in [4.69, 9.17) is 5.73 Å². The molecule has 1 fully saturated rings. The number of likely N-dealkylation sites (tertiary alicyclic amines) is 1. The third kappa shape index (κ3) is 3.27. The molecule has 0 spiro atoms. The quantitative estimate of drug-likeness (QED) is 0.651. The molecule has 23 heavy (non-hydrogen) atoms. The molecule has 9 heteroatoms. The van der Waals surface area contributed by atoms with Crippen LogP contribution in [0.1, 0.15) is 23.3 Å². The van der Waals surface area contributed by atoms with Gasteiger partial charge in [0, 0.05) is 30.6 Å². The normalized spacial score (nSPS) is 15.4. The molecule has 1 saturated heterocycles. The van der Waals surface area contributed by atoms with E-state index in [0.717, 1.165) is 12.8 Å². The fraction of sp³-hybridized carbons (Fsp3) is 0.429. The van der Waals surface area contributed by atoms with E-state index in [-0.39, 0.29) is 29.7 Å². The largest absolute Gasteiger partial charge is 0.337 e. The number of benzene rings is 1. The number of aromatic nitrogens is 2. The van der Waals surface area contributed by atoms with Crippen LogP contribution >= 0.6 is 12.4 Å². The minimum Gasteiger partial charge on any atom is -0.337 e. The number of fused-ring (bicyclic) bond motifs is 1. The van der Waals surface area contributed by atoms with Gasteiger partial charge in [-0.05, 0) is 31.4 Å². The Labute approximate surface area is 138 Å². The van der Waals surface area contributed by atoms with Crippen LogP contribution in [0.5, 0.6) is 0 Å². The number of nitro benzene ring substituents is 1. The summed E-state index contributed by atoms with van der Waals surface area (Å²) in [5.41, 5.74) is 6.46. The fourth-order valence-corrected chi connectivity index (χ4v) is 2.80. The Kier molecular flexibility index (Phi) is 5.17. The molecule has 1 amide bonds. The highest BCUT2D eigenvalue weighted by Gasteiger charge is 2.26. The monoisotopic (exact) mass is 339 g/mol. The van der Waals surface area contributed by atoms with Crippen molar-refractivity contribution in [2.75, 3.05) is 19.6 Å². The summed E-state index contributed by atoms with van der Waals surface area (Å²) in [5, 5.41) is 18.2. The highest BCUT2D eigenvalue weighted by molar-refractivity contribution is 6.05. The van der Waals surface area contributed by atoms with E-state index < -0.39 is 4.92 Å². The van der Waals surface area contributed by atoms with E-state index in [9.17, 15) is 14.9 Å². The van der Waals surface area contributed by atoms with Gasteiger partial charge in [0.05, 0.1) is 10.4 Å². The second-order valence-corrected chi connectivity index (χ2v) is 5.53. The first kappa shape index (κ1) is 17.2. The summed E-state index contributed by atoms with van der Waals surface area (Å²) < 4.78 is 0. The molecule has 0 bridgehead atoms. The van der Waals surface area contributed by atoms with Crippen molar-refractivity contribution in [1.82, 2.24) is 15.1 Å². The van der Waals surface area contributed by atoms with Crippen molar-refractivity contribution in [1.29, 1.82) is 0 Å². The van der Waals surface area contributed by atoms with Crippen molar-refractivity contribution in [3.8, 4) is 0 Å². The smallest absolute Gasteiger partial charge is 0.274 e. The summed E-state index contributed by atoms with van der Waals surface area (Å²) in [5.74, 6) is 0.267. The zero-order chi connectivity index (χ0) is 15.7. The number of aromatic amines is 1. The summed E-state index contributed by atoms with van der Waals surface area (Å²) >= 11 is 0. The average Bonchev–Trinajstić information content (AvgIpc) is 2.97. The topological polar surface area (TPSA) is 118 Å². The van der Waals surface area contributed by atoms with Gasteiger partial charge in [0.1, 0.15) is 0 Å². The number of hydrogen-bond acceptors (Lipinski definition) is 5. The predicted octanol–water partition coefficient (Wildman–Crippen LogP) is 1.70. The Morgan fingerprint density at radius 1 is 1.43 bits per heavy atom. The van der Waals surface area contributed by atoms with Crippen molar-refractivity contribution in [3.63, 3.8) is 0 Å². The number of amides is 1. The molecule has 1 aliphatic rings. The number of rotatable bonds is 3. The number of nitrogens with two attached hydrogens (primary N) is 1. The van der Waals surface area contributed by atoms with Gasteiger partial charge in [-0.15, -0.1) is 12.4 Å². The van der Waals surface area contributed by atoms with Crippen molar-refractivity contribution in [2.45, 2.75) is 12.8 Å². The maximum atomic E-state index is 12.6. The van der Waals surface area contributed by atoms with Gasteiger partial charge in [0.2, 0.25) is 0 Å². The molecular weight excluding hydrogens is 322 g/mol. The minimum absolute atomic E-state index is 0. The number of nitro groups is 1. The van der Waals surface area contributed by atoms with Crippen LogP contribution in [0.25, 0.3) is 10.9 Å². The van der Waals surface area contributed by atoms with Crippen LogP contribution in [0.3, 0.4) is 0 Å². The van der Waals surface area contributed by atoms with Crippen molar-refractivity contribution < 1.29 is 9.72 Å². The predicted molar refractivity (Wildman–Crippen MR) is 87.7 cm³/mol. The van der Waals surface area contributed by atoms with Crippen LogP contribution in [-0.2, 0) is 0 Å². The Morgan fingerprint density at radius 3 is 2.74 bits per heavy atom. The third-order valence-corrected chi connectivity index (χ3v) is 4.19. The van der Waals surface area contributed by atoms with Crippen LogP contribution < -0.4 is 5.73 Å². The molecule has 0 unspecified atom stereocenters. The van der Waals surface area contributed by atoms with Crippen molar-refractivity contribution in [3.05, 3.63) is 34.0 Å². The van der Waals surface area contributed by atoms with E-state index in [1.807, 2.05) is 0 Å². The molecule has 1 aromatic heterocycles. The molecule has 0 aliphatic carbocycles. The summed E-state index contributed by atoms with van der Waals surface area (Å²) in [7, 11) is 0. The van der Waals surface area contributed by atoms with Crippen LogP contribution in [0, 0.1) is 16.0 Å². The van der Waals surface area contributed by atoms with Crippen LogP contribution in [0.4, 0.5) is 5.69 Å². The van der Waals surface area contributed by atoms with Gasteiger partial charge in [0.15, 0.2) is 5.69 Å². The van der Waals surface area contributed by atoms with Gasteiger partial charge in [-0.25, -0.2) is 0 Å². The lowest BCUT2D eigenvalue weighted by molar-refractivity contribution is -0.384. The molecule has 1 aromatic carbocycles. The van der Waals surface area contributed by atoms with E-state index in [2.05, 4.69) is 10.2 Å². The Hall–Kier alpha value is -2.19. The number of nitrogens with zero attached hydrogens (tertiary/aromatic N) is 3. The van der Waals surface area contributed by atoms with Gasteiger partial charge in [-0.2, -0.15) is 5.10 Å². The molecule has 2 aromatic rings. The summed E-state index contributed by atoms with van der Waals surface area (Å²) in [6, 6.07) is 4.35. The third-order valence-electron chi connectivity index (χ3n) is 4.19. The van der Waals surface area contributed by atoms with Crippen molar-refractivity contribution >= 4 is 34.9 Å². The molecule has 0 radical (unpaired) electrons. The summed E-state index contributed by atoms with van der Waals surface area (Å²) in [6.07, 6.45) is 1.76. The van der Waals surface area contributed by atoms with E-state index in [1.165, 1.54) is 12.1 Å². The average molecular weight is 340 g/mol. The lowest BCUT2D eigenvalue weighted by Crippen LogP contribution is -2.40. The maximum Gasteiger partial charge on any atom is 0.274 e. The van der Waals surface area contributed by atoms with Gasteiger partial charge < -0.3 is 10.6 Å². The zero-order valence-corrected chi connectivity index (χ0v) is 13.2.